The van der Waals surface area contributed by atoms with E-state index in [1.54, 1.807) is 0 Å². The molecule has 44 heteroatoms. The molecule has 0 aliphatic carbocycles. The number of methoxy groups -OCH3 is 1. The van der Waals surface area contributed by atoms with Crippen LogP contribution < -0.4 is 4.74 Å². The number of rotatable bonds is 5. The third-order valence-electron chi connectivity index (χ3n) is 3.12. The first-order valence-corrected chi connectivity index (χ1v) is 6.93. The monoisotopic (exact) mass is 3350 g/mol. The molecular formula is C18H18F2NO8Y33-. The van der Waals surface area contributed by atoms with Gasteiger partial charge in [0.25, 0.3) is 0 Å². The summed E-state index contributed by atoms with van der Waals surface area (Å²) in [7, 11) is 1.20. The molecule has 2 aromatic carbocycles. The minimum atomic E-state index is -1.36. The Kier molecular flexibility index (Phi) is 623. The second-order valence-corrected chi connectivity index (χ2v) is 4.82. The van der Waals surface area contributed by atoms with Crippen LogP contribution in [0.25, 0.3) is 6.15 Å². The Morgan fingerprint density at radius 1 is 0.435 bits per heavy atom. The van der Waals surface area contributed by atoms with Gasteiger partial charge in [0.15, 0.2) is 35.7 Å². The number of aromatic carboxylic acids is 2. The van der Waals surface area contributed by atoms with Crippen LogP contribution in [0.2, 0.25) is 0 Å². The Bertz CT molecular complexity index is 977. The third kappa shape index (κ3) is 126. The number of phenolic OH excluding ortho intramolecular Hbond substituents is 1. The quantitative estimate of drug-likeness (QED) is 0.381. The summed E-state index contributed by atoms with van der Waals surface area (Å²) in [6.45, 7) is 0. The van der Waals surface area contributed by atoms with Gasteiger partial charge in [-0.05, 0) is 24.3 Å². The Balaban J connectivity index is -0.00000000456. The van der Waals surface area contributed by atoms with Gasteiger partial charge in [-0.15, -0.1) is 0 Å². The van der Waals surface area contributed by atoms with Gasteiger partial charge < -0.3 is 26.2 Å². The molecule has 0 unspecified atom stereocenters. The molecule has 0 aliphatic heterocycles. The van der Waals surface area contributed by atoms with E-state index in [1.165, 1.54) is 7.11 Å². The van der Waals surface area contributed by atoms with E-state index >= 15 is 0 Å². The minimum Gasteiger partial charge on any atom is -0.693 e. The van der Waals surface area contributed by atoms with Crippen molar-refractivity contribution in [2.24, 2.45) is 0 Å². The van der Waals surface area contributed by atoms with Gasteiger partial charge in [-0.25, -0.2) is 18.4 Å². The molecule has 2 rings (SSSR count). The van der Waals surface area contributed by atoms with Gasteiger partial charge in [-0.1, -0.05) is 7.43 Å². The van der Waals surface area contributed by atoms with Crippen molar-refractivity contribution in [3.05, 3.63) is 64.3 Å². The molecule has 2 aromatic rings. The van der Waals surface area contributed by atoms with Crippen molar-refractivity contribution in [2.75, 3.05) is 7.11 Å². The molecule has 0 bridgehead atoms. The van der Waals surface area contributed by atoms with Crippen molar-refractivity contribution in [1.82, 2.24) is 0 Å². The van der Waals surface area contributed by atoms with Crippen LogP contribution in [0.1, 0.15) is 48.9 Å². The number of ether oxygens (including phenoxy) is 1. The van der Waals surface area contributed by atoms with Crippen molar-refractivity contribution in [3.8, 4) is 11.5 Å². The zero-order valence-corrected chi connectivity index (χ0v) is 127. The van der Waals surface area contributed by atoms with E-state index in [1.807, 2.05) is 0 Å². The number of phenols is 1. The fraction of sp³-hybridized carbons (Fsp3) is 0.111. The smallest absolute Gasteiger partial charge is 0.335 e. The maximum Gasteiger partial charge on any atom is 0.335 e. The van der Waals surface area contributed by atoms with E-state index in [0.29, 0.717) is 12.4 Å². The second-order valence-electron chi connectivity index (χ2n) is 4.82. The zero-order valence-electron chi connectivity index (χ0n) is 33.2. The third-order valence-corrected chi connectivity index (χ3v) is 3.12. The molecule has 9 nitrogen and oxygen atoms in total. The molecule has 0 heterocycles. The molecule has 0 fully saturated rings. The fourth-order valence-corrected chi connectivity index (χ4v) is 1.87. The SMILES string of the molecule is C.COc1c(F)cc(C(=O)O)cc1C=O.O=Cc1cc(C(=O)O)cc(F)c1O.[NH2-].[Y].[Y].[Y].[Y].[Y].[Y].[Y].[Y].[Y].[Y].[Y].[Y].[Y].[Y].[Y].[Y].[Y].[Y].[Y].[Y].[Y].[Y].[Y].[Y].[Y].[Y].[Y].[Y].[Y].[Y].[Y].[Y].[Y]. The number of hydrogen-bond donors (Lipinski definition) is 3. The fourth-order valence-electron chi connectivity index (χ4n) is 1.87. The van der Waals surface area contributed by atoms with Crippen LogP contribution in [0.4, 0.5) is 8.78 Å². The van der Waals surface area contributed by atoms with Gasteiger partial charge in [-0.3, -0.25) is 9.59 Å². The number of carboxylic acids is 2. The molecule has 0 aromatic heterocycles. The molecule has 33 radical (unpaired) electrons. The van der Waals surface area contributed by atoms with Crippen LogP contribution in [0, 0.1) is 11.6 Å². The predicted octanol–water partition coefficient (Wildman–Crippen LogP) is 3.66. The first-order chi connectivity index (χ1) is 12.7. The summed E-state index contributed by atoms with van der Waals surface area (Å²) in [5, 5.41) is 25.9. The Labute approximate surface area is 1200 Å². The summed E-state index contributed by atoms with van der Waals surface area (Å²) in [4.78, 5) is 41.6. The number of hydrogen-bond acceptors (Lipinski definition) is 6. The average molecular weight is 3350 g/mol. The van der Waals surface area contributed by atoms with Crippen molar-refractivity contribution in [3.63, 3.8) is 0 Å². The van der Waals surface area contributed by atoms with Crippen LogP contribution in [-0.4, -0.2) is 46.9 Å². The summed E-state index contributed by atoms with van der Waals surface area (Å²) >= 11 is 0. The maximum absolute atomic E-state index is 13.1. The van der Waals surface area contributed by atoms with E-state index in [-0.39, 0.29) is 1130 Å². The number of benzene rings is 2. The molecule has 0 atom stereocenters. The van der Waals surface area contributed by atoms with Gasteiger partial charge in [0.05, 0.1) is 29.4 Å². The molecule has 0 aliphatic rings. The minimum absolute atomic E-state index is 0. The molecule has 5 N–H and O–H groups in total. The molecular weight excluding hydrogens is 3330 g/mol. The van der Waals surface area contributed by atoms with Crippen molar-refractivity contribution < 1.29 is 1130 Å². The normalized spacial score (nSPS) is 4.18. The Morgan fingerprint density at radius 3 is 0.806 bits per heavy atom. The van der Waals surface area contributed by atoms with Crippen LogP contribution in [0.15, 0.2) is 24.3 Å². The summed E-state index contributed by atoms with van der Waals surface area (Å²) < 4.78 is 30.4. The van der Waals surface area contributed by atoms with E-state index in [2.05, 4.69) is 4.74 Å². The molecule has 0 spiro atoms. The summed E-state index contributed by atoms with van der Waals surface area (Å²) in [5.41, 5.74) is -1.16. The van der Waals surface area contributed by atoms with Crippen molar-refractivity contribution >= 4 is 24.5 Å². The number of halogens is 2. The first-order valence-electron chi connectivity index (χ1n) is 6.93. The van der Waals surface area contributed by atoms with Crippen LogP contribution in [0.3, 0.4) is 0 Å². The van der Waals surface area contributed by atoms with Gasteiger partial charge in [0.1, 0.15) is 0 Å². The number of carbonyl (C=O) groups excluding carboxylic acids is 2. The number of nitrogens with two attached hydrogens (primary N) is 1. The zero-order chi connectivity index (χ0) is 20.7. The molecule has 0 amide bonds. The molecule has 0 saturated carbocycles. The summed E-state index contributed by atoms with van der Waals surface area (Å²) in [6.07, 6.45) is 0.527. The van der Waals surface area contributed by atoms with Crippen LogP contribution in [0.5, 0.6) is 11.5 Å². The number of aldehydes is 2. The number of aromatic hydroxyl groups is 1. The molecule has 0 saturated heterocycles. The Hall–Kier alpha value is 32.6. The summed E-state index contributed by atoms with van der Waals surface area (Å²) in [6, 6.07) is 3.39. The summed E-state index contributed by atoms with van der Waals surface area (Å²) in [5.74, 6) is -5.72. The Morgan fingerprint density at radius 2 is 0.629 bits per heavy atom. The van der Waals surface area contributed by atoms with Gasteiger partial charge in [-0.2, -0.15) is 0 Å². The van der Waals surface area contributed by atoms with Crippen LogP contribution in [-0.2, 0) is 1080 Å². The first kappa shape index (κ1) is 233. The topological polar surface area (TPSA) is 172 Å². The maximum atomic E-state index is 13.1. The number of carbonyl (C=O) groups is 4. The largest absolute Gasteiger partial charge is 0.693 e. The van der Waals surface area contributed by atoms with Gasteiger partial charge >= 0.3 is 11.9 Å². The standard InChI is InChI=1S/C9H7FO4.C8H5FO4.CH4.H2N.33Y/c1-14-8-6(4-11)2-5(9(12)13)3-7(8)10;9-6-2-4(8(12)13)1-5(3-10)7(6)11;;;;;;;;;;;;;;;;;;;;;;;;;;;;;;;;;;;/h2-4H,1H3,(H,12,13);1-3,11H,(H,12,13);1H4;1H2;;;;;;;;;;;;;;;;;;;;;;;;;;;;;;;;;/q;;;-1;;;;;;;;;;;;;;;;;;;;;;;;;;;;;;;;;. The van der Waals surface area contributed by atoms with Gasteiger partial charge in [0, 0.05) is 1080 Å². The van der Waals surface area contributed by atoms with E-state index in [4.69, 9.17) is 15.3 Å². The van der Waals surface area contributed by atoms with E-state index < -0.39 is 29.3 Å². The average Bonchev–Trinajstić information content (AvgIpc) is 2.63. The molecule has 62 heavy (non-hydrogen) atoms. The van der Waals surface area contributed by atoms with E-state index in [0.717, 1.165) is 18.2 Å². The van der Waals surface area contributed by atoms with Crippen LogP contribution >= 0.6 is 0 Å². The van der Waals surface area contributed by atoms with Gasteiger partial charge in [0.2, 0.25) is 0 Å². The predicted molar refractivity (Wildman–Crippen MR) is 97.7 cm³/mol. The van der Waals surface area contributed by atoms with E-state index in [9.17, 15) is 28.0 Å². The second kappa shape index (κ2) is 166. The number of carboxylic acid groups (broad SMARTS) is 2. The molecule has 257 valence electrons. The van der Waals surface area contributed by atoms with Crippen molar-refractivity contribution in [2.45, 2.75) is 7.43 Å². The van der Waals surface area contributed by atoms with Crippen molar-refractivity contribution in [1.29, 1.82) is 0 Å².